The van der Waals surface area contributed by atoms with E-state index in [2.05, 4.69) is 5.32 Å². The van der Waals surface area contributed by atoms with Crippen LogP contribution in [0.15, 0.2) is 108 Å². The summed E-state index contributed by atoms with van der Waals surface area (Å²) >= 11 is 6.32. The molecule has 0 fully saturated rings. The van der Waals surface area contributed by atoms with Gasteiger partial charge in [0.15, 0.2) is 0 Å². The van der Waals surface area contributed by atoms with E-state index in [9.17, 15) is 18.0 Å². The van der Waals surface area contributed by atoms with E-state index in [0.717, 1.165) is 33.8 Å². The van der Waals surface area contributed by atoms with Crippen molar-refractivity contribution in [2.45, 2.75) is 57.5 Å². The van der Waals surface area contributed by atoms with Crippen molar-refractivity contribution in [1.82, 2.24) is 10.2 Å². The lowest BCUT2D eigenvalue weighted by Gasteiger charge is -2.34. The molecular weight excluding hydrogens is 606 g/mol. The maximum atomic E-state index is 14.5. The number of hydrogen-bond acceptors (Lipinski definition) is 4. The SMILES string of the molecule is CCCCNC(=O)C(Cc1ccccc1)N(Cc1cccc(Cl)c1)C(=O)CN(c1ccc(C)cc1C)S(=O)(=O)c1ccccc1. The first kappa shape index (κ1) is 33.7. The molecule has 1 atom stereocenters. The fraction of sp³-hybridized carbons (Fsp3) is 0.278. The zero-order chi connectivity index (χ0) is 32.4. The summed E-state index contributed by atoms with van der Waals surface area (Å²) < 4.78 is 29.5. The number of unbranched alkanes of at least 4 members (excludes halogenated alkanes) is 1. The molecule has 4 aromatic carbocycles. The molecule has 0 saturated heterocycles. The monoisotopic (exact) mass is 645 g/mol. The third-order valence-corrected chi connectivity index (χ3v) is 9.58. The third kappa shape index (κ3) is 8.96. The standard InChI is InChI=1S/C36H40ClN3O4S/c1-4-5-21-38-36(42)34(24-29-13-8-6-9-14-29)39(25-30-15-12-16-31(37)23-30)35(41)26-40(33-20-19-27(2)22-28(33)3)45(43,44)32-17-10-7-11-18-32/h6-20,22-23,34H,4-5,21,24-26H2,1-3H3,(H,38,42). The Hall–Kier alpha value is -4.14. The van der Waals surface area contributed by atoms with Gasteiger partial charge in [0, 0.05) is 24.5 Å². The minimum absolute atomic E-state index is 0.0597. The Labute approximate surface area is 271 Å². The number of nitrogens with zero attached hydrogens (tertiary/aromatic N) is 2. The third-order valence-electron chi connectivity index (χ3n) is 7.57. The van der Waals surface area contributed by atoms with Gasteiger partial charge in [-0.25, -0.2) is 8.42 Å². The minimum Gasteiger partial charge on any atom is -0.354 e. The van der Waals surface area contributed by atoms with Crippen LogP contribution < -0.4 is 9.62 Å². The molecule has 0 aromatic heterocycles. The van der Waals surface area contributed by atoms with Crippen molar-refractivity contribution >= 4 is 39.1 Å². The quantitative estimate of drug-likeness (QED) is 0.155. The van der Waals surface area contributed by atoms with Gasteiger partial charge in [0.2, 0.25) is 11.8 Å². The fourth-order valence-corrected chi connectivity index (χ4v) is 6.92. The first-order valence-electron chi connectivity index (χ1n) is 15.1. The molecule has 0 spiro atoms. The number of anilines is 1. The molecule has 0 radical (unpaired) electrons. The number of halogens is 1. The molecule has 4 rings (SSSR count). The topological polar surface area (TPSA) is 86.8 Å². The summed E-state index contributed by atoms with van der Waals surface area (Å²) in [5.41, 5.74) is 3.67. The van der Waals surface area contributed by atoms with E-state index in [1.807, 2.05) is 69.3 Å². The number of rotatable bonds is 14. The Bertz CT molecular complexity index is 1700. The number of carbonyl (C=O) groups excluding carboxylic acids is 2. The van der Waals surface area contributed by atoms with Crippen LogP contribution in [0, 0.1) is 13.8 Å². The van der Waals surface area contributed by atoms with Gasteiger partial charge in [0.25, 0.3) is 10.0 Å². The molecule has 0 aliphatic rings. The van der Waals surface area contributed by atoms with E-state index >= 15 is 0 Å². The Kier molecular flexibility index (Phi) is 11.8. The average Bonchev–Trinajstić information content (AvgIpc) is 3.03. The lowest BCUT2D eigenvalue weighted by molar-refractivity contribution is -0.140. The second kappa shape index (κ2) is 15.7. The molecule has 0 aliphatic carbocycles. The fourth-order valence-electron chi connectivity index (χ4n) is 5.21. The number of benzene rings is 4. The second-order valence-electron chi connectivity index (χ2n) is 11.1. The van der Waals surface area contributed by atoms with Gasteiger partial charge >= 0.3 is 0 Å². The molecule has 9 heteroatoms. The zero-order valence-corrected chi connectivity index (χ0v) is 27.5. The van der Waals surface area contributed by atoms with Gasteiger partial charge in [-0.1, -0.05) is 103 Å². The van der Waals surface area contributed by atoms with Crippen LogP contribution in [0.25, 0.3) is 0 Å². The van der Waals surface area contributed by atoms with Crippen LogP contribution in [0.2, 0.25) is 5.02 Å². The summed E-state index contributed by atoms with van der Waals surface area (Å²) in [5.74, 6) is -0.812. The first-order chi connectivity index (χ1) is 21.6. The lowest BCUT2D eigenvalue weighted by atomic mass is 10.0. The van der Waals surface area contributed by atoms with Crippen LogP contribution >= 0.6 is 11.6 Å². The molecule has 0 bridgehead atoms. The first-order valence-corrected chi connectivity index (χ1v) is 16.9. The van der Waals surface area contributed by atoms with Gasteiger partial charge in [0.05, 0.1) is 10.6 Å². The van der Waals surface area contributed by atoms with Crippen LogP contribution in [0.3, 0.4) is 0 Å². The van der Waals surface area contributed by atoms with Gasteiger partial charge < -0.3 is 10.2 Å². The largest absolute Gasteiger partial charge is 0.354 e. The van der Waals surface area contributed by atoms with Gasteiger partial charge in [-0.15, -0.1) is 0 Å². The molecule has 236 valence electrons. The van der Waals surface area contributed by atoms with Crippen molar-refractivity contribution in [2.75, 3.05) is 17.4 Å². The van der Waals surface area contributed by atoms with E-state index < -0.39 is 28.5 Å². The summed E-state index contributed by atoms with van der Waals surface area (Å²) in [7, 11) is -4.16. The number of amides is 2. The van der Waals surface area contributed by atoms with Gasteiger partial charge in [-0.05, 0) is 67.3 Å². The predicted octanol–water partition coefficient (Wildman–Crippen LogP) is 6.71. The van der Waals surface area contributed by atoms with Crippen molar-refractivity contribution in [3.63, 3.8) is 0 Å². The van der Waals surface area contributed by atoms with Crippen LogP contribution in [0.4, 0.5) is 5.69 Å². The summed E-state index contributed by atoms with van der Waals surface area (Å²) in [6, 6.07) is 29.2. The number of hydrogen-bond donors (Lipinski definition) is 1. The van der Waals surface area contributed by atoms with Crippen LogP contribution in [-0.4, -0.2) is 44.3 Å². The maximum Gasteiger partial charge on any atom is 0.264 e. The Balaban J connectivity index is 1.81. The van der Waals surface area contributed by atoms with Crippen molar-refractivity contribution in [3.8, 4) is 0 Å². The van der Waals surface area contributed by atoms with Crippen LogP contribution in [0.5, 0.6) is 0 Å². The maximum absolute atomic E-state index is 14.5. The highest BCUT2D eigenvalue weighted by Crippen LogP contribution is 2.28. The predicted molar refractivity (Wildman–Crippen MR) is 181 cm³/mol. The molecular formula is C36H40ClN3O4S. The molecule has 4 aromatic rings. The van der Waals surface area contributed by atoms with E-state index in [4.69, 9.17) is 11.6 Å². The Morgan fingerprint density at radius 1 is 0.844 bits per heavy atom. The van der Waals surface area contributed by atoms with Gasteiger partial charge in [0.1, 0.15) is 12.6 Å². The number of sulfonamides is 1. The molecule has 1 N–H and O–H groups in total. The number of nitrogens with one attached hydrogen (secondary N) is 1. The summed E-state index contributed by atoms with van der Waals surface area (Å²) in [6.07, 6.45) is 1.94. The molecule has 7 nitrogen and oxygen atoms in total. The summed E-state index contributed by atoms with van der Waals surface area (Å²) in [6.45, 7) is 5.81. The zero-order valence-electron chi connectivity index (χ0n) is 25.9. The number of carbonyl (C=O) groups is 2. The molecule has 45 heavy (non-hydrogen) atoms. The highest BCUT2D eigenvalue weighted by atomic mass is 35.5. The highest BCUT2D eigenvalue weighted by Gasteiger charge is 2.35. The van der Waals surface area contributed by atoms with Gasteiger partial charge in [-0.2, -0.15) is 0 Å². The van der Waals surface area contributed by atoms with Crippen LogP contribution in [-0.2, 0) is 32.6 Å². The molecule has 0 saturated carbocycles. The Morgan fingerprint density at radius 2 is 1.51 bits per heavy atom. The molecule has 2 amide bonds. The van der Waals surface area contributed by atoms with Crippen molar-refractivity contribution in [2.24, 2.45) is 0 Å². The van der Waals surface area contributed by atoms with E-state index in [0.29, 0.717) is 22.8 Å². The molecule has 0 aliphatic heterocycles. The van der Waals surface area contributed by atoms with E-state index in [1.165, 1.54) is 17.0 Å². The van der Waals surface area contributed by atoms with E-state index in [-0.39, 0.29) is 23.8 Å². The highest BCUT2D eigenvalue weighted by molar-refractivity contribution is 7.92. The summed E-state index contributed by atoms with van der Waals surface area (Å²) in [4.78, 5) is 29.9. The van der Waals surface area contributed by atoms with Gasteiger partial charge in [-0.3, -0.25) is 13.9 Å². The van der Waals surface area contributed by atoms with Crippen molar-refractivity contribution < 1.29 is 18.0 Å². The van der Waals surface area contributed by atoms with Crippen molar-refractivity contribution in [3.05, 3.63) is 130 Å². The average molecular weight is 646 g/mol. The Morgan fingerprint density at radius 3 is 2.16 bits per heavy atom. The number of aryl methyl sites for hydroxylation is 2. The van der Waals surface area contributed by atoms with Crippen molar-refractivity contribution in [1.29, 1.82) is 0 Å². The smallest absolute Gasteiger partial charge is 0.264 e. The van der Waals surface area contributed by atoms with E-state index in [1.54, 1.807) is 42.5 Å². The van der Waals surface area contributed by atoms with Crippen LogP contribution in [0.1, 0.15) is 42.0 Å². The minimum atomic E-state index is -4.16. The summed E-state index contributed by atoms with van der Waals surface area (Å²) in [5, 5.41) is 3.50. The lowest BCUT2D eigenvalue weighted by Crippen LogP contribution is -2.53. The molecule has 0 heterocycles. The molecule has 1 unspecified atom stereocenters. The second-order valence-corrected chi connectivity index (χ2v) is 13.4. The normalized spacial score (nSPS) is 11.9.